The van der Waals surface area contributed by atoms with Crippen LogP contribution in [0.3, 0.4) is 0 Å². The summed E-state index contributed by atoms with van der Waals surface area (Å²) in [5.41, 5.74) is -0.0760. The van der Waals surface area contributed by atoms with Gasteiger partial charge in [-0.25, -0.2) is 9.78 Å². The number of carbonyl (C=O) groups excluding carboxylic acids is 1. The number of nitrogens with zero attached hydrogens (tertiary/aromatic N) is 2. The second kappa shape index (κ2) is 5.65. The number of hydrogen-bond donors (Lipinski definition) is 1. The van der Waals surface area contributed by atoms with Crippen molar-refractivity contribution in [1.82, 2.24) is 9.55 Å². The van der Waals surface area contributed by atoms with Crippen LogP contribution in [0.15, 0.2) is 28.9 Å². The zero-order valence-electron chi connectivity index (χ0n) is 13.0. The van der Waals surface area contributed by atoms with Gasteiger partial charge in [0.2, 0.25) is 0 Å². The van der Waals surface area contributed by atoms with Gasteiger partial charge in [0.1, 0.15) is 17.7 Å². The highest BCUT2D eigenvalue weighted by Crippen LogP contribution is 2.37. The van der Waals surface area contributed by atoms with Crippen LogP contribution in [-0.2, 0) is 11.3 Å². The van der Waals surface area contributed by atoms with E-state index in [0.29, 0.717) is 18.1 Å². The molecule has 1 aromatic heterocycles. The van der Waals surface area contributed by atoms with Crippen LogP contribution in [0, 0.1) is 0 Å². The summed E-state index contributed by atoms with van der Waals surface area (Å²) in [4.78, 5) is 16.2. The molecular weight excluding hydrogens is 364 g/mol. The lowest BCUT2D eigenvalue weighted by Crippen LogP contribution is -2.42. The summed E-state index contributed by atoms with van der Waals surface area (Å²) < 4.78 is 13.4. The summed E-state index contributed by atoms with van der Waals surface area (Å²) in [6.07, 6.45) is 1.14. The highest BCUT2D eigenvalue weighted by atomic mass is 79.9. The van der Waals surface area contributed by atoms with Crippen molar-refractivity contribution in [2.75, 3.05) is 7.11 Å². The lowest BCUT2D eigenvalue weighted by molar-refractivity contribution is -0.0394. The second-order valence-corrected chi connectivity index (χ2v) is 6.91. The van der Waals surface area contributed by atoms with Gasteiger partial charge >= 0.3 is 5.97 Å². The highest BCUT2D eigenvalue weighted by Gasteiger charge is 2.34. The Morgan fingerprint density at radius 1 is 1.52 bits per heavy atom. The van der Waals surface area contributed by atoms with Crippen molar-refractivity contribution in [3.8, 4) is 17.1 Å². The third-order valence-electron chi connectivity index (χ3n) is 3.77. The van der Waals surface area contributed by atoms with Crippen LogP contribution in [0.4, 0.5) is 0 Å². The van der Waals surface area contributed by atoms with Gasteiger partial charge < -0.3 is 19.1 Å². The Kier molecular flexibility index (Phi) is 3.93. The molecule has 2 heterocycles. The molecule has 7 heteroatoms. The summed E-state index contributed by atoms with van der Waals surface area (Å²) in [7, 11) is 1.32. The molecule has 1 N–H and O–H groups in total. The third-order valence-corrected chi connectivity index (χ3v) is 4.27. The summed E-state index contributed by atoms with van der Waals surface area (Å²) in [5, 5.41) is 10.4. The number of esters is 1. The van der Waals surface area contributed by atoms with Crippen molar-refractivity contribution in [3.63, 3.8) is 0 Å². The molecule has 0 amide bonds. The molecule has 1 unspecified atom stereocenters. The van der Waals surface area contributed by atoms with Crippen molar-refractivity contribution >= 4 is 21.9 Å². The number of carbonyl (C=O) groups is 1. The van der Waals surface area contributed by atoms with Crippen molar-refractivity contribution in [1.29, 1.82) is 0 Å². The van der Waals surface area contributed by atoms with E-state index < -0.39 is 17.7 Å². The maximum Gasteiger partial charge on any atom is 0.358 e. The number of aliphatic hydroxyl groups is 1. The topological polar surface area (TPSA) is 73.6 Å². The lowest BCUT2D eigenvalue weighted by Gasteiger charge is -2.29. The predicted molar refractivity (Wildman–Crippen MR) is 87.4 cm³/mol. The average Bonchev–Trinajstić information content (AvgIpc) is 2.83. The normalized spacial score (nSPS) is 16.8. The number of halogens is 1. The number of imidazole rings is 1. The molecule has 0 fully saturated rings. The van der Waals surface area contributed by atoms with Crippen molar-refractivity contribution in [3.05, 3.63) is 34.6 Å². The molecule has 0 radical (unpaired) electrons. The third kappa shape index (κ3) is 2.98. The van der Waals surface area contributed by atoms with E-state index in [0.717, 1.165) is 10.0 Å². The fraction of sp³-hybridized carbons (Fsp3) is 0.375. The fourth-order valence-corrected chi connectivity index (χ4v) is 2.85. The molecule has 6 nitrogen and oxygen atoms in total. The van der Waals surface area contributed by atoms with Crippen molar-refractivity contribution in [2.45, 2.75) is 32.1 Å². The molecule has 0 saturated heterocycles. The van der Waals surface area contributed by atoms with E-state index in [1.165, 1.54) is 7.11 Å². The molecule has 1 atom stereocenters. The molecular formula is C16H17BrN2O4. The zero-order valence-corrected chi connectivity index (χ0v) is 14.6. The highest BCUT2D eigenvalue weighted by molar-refractivity contribution is 9.10. The molecule has 1 aliphatic rings. The summed E-state index contributed by atoms with van der Waals surface area (Å²) in [6.45, 7) is 3.76. The van der Waals surface area contributed by atoms with Crippen LogP contribution in [-0.4, -0.2) is 39.4 Å². The van der Waals surface area contributed by atoms with Crippen molar-refractivity contribution < 1.29 is 19.4 Å². The van der Waals surface area contributed by atoms with Crippen molar-refractivity contribution in [2.24, 2.45) is 0 Å². The molecule has 1 aliphatic heterocycles. The van der Waals surface area contributed by atoms with E-state index in [2.05, 4.69) is 20.9 Å². The number of benzene rings is 1. The van der Waals surface area contributed by atoms with Crippen LogP contribution < -0.4 is 4.74 Å². The first-order valence-corrected chi connectivity index (χ1v) is 7.93. The van der Waals surface area contributed by atoms with Gasteiger partial charge in [0.05, 0.1) is 24.8 Å². The molecule has 122 valence electrons. The fourth-order valence-electron chi connectivity index (χ4n) is 2.49. The average molecular weight is 381 g/mol. The Morgan fingerprint density at radius 3 is 2.91 bits per heavy atom. The van der Waals surface area contributed by atoms with E-state index >= 15 is 0 Å². The molecule has 0 spiro atoms. The number of aromatic nitrogens is 2. The van der Waals surface area contributed by atoms with Gasteiger partial charge in [0.25, 0.3) is 0 Å². The Morgan fingerprint density at radius 2 is 2.26 bits per heavy atom. The van der Waals surface area contributed by atoms with E-state index in [1.54, 1.807) is 20.0 Å². The number of rotatable bonds is 2. The number of hydrogen-bond acceptors (Lipinski definition) is 5. The van der Waals surface area contributed by atoms with Gasteiger partial charge in [-0.2, -0.15) is 0 Å². The van der Waals surface area contributed by atoms with Crippen LogP contribution in [0.2, 0.25) is 0 Å². The van der Waals surface area contributed by atoms with Gasteiger partial charge in [0.15, 0.2) is 5.69 Å². The van der Waals surface area contributed by atoms with Gasteiger partial charge in [-0.05, 0) is 32.0 Å². The first kappa shape index (κ1) is 16.0. The first-order chi connectivity index (χ1) is 10.8. The predicted octanol–water partition coefficient (Wildman–Crippen LogP) is 2.63. The maximum atomic E-state index is 11.8. The van der Waals surface area contributed by atoms with Crippen LogP contribution in [0.5, 0.6) is 5.75 Å². The monoisotopic (exact) mass is 380 g/mol. The van der Waals surface area contributed by atoms with Crippen LogP contribution in [0.1, 0.15) is 24.3 Å². The van der Waals surface area contributed by atoms with Gasteiger partial charge in [-0.1, -0.05) is 15.9 Å². The molecule has 2 aromatic rings. The number of ether oxygens (including phenoxy) is 2. The SMILES string of the molecule is COC(=O)c1cn2c(n1)-c1cc(Br)ccc1OC(C(C)(C)O)C2. The van der Waals surface area contributed by atoms with E-state index in [1.807, 2.05) is 22.8 Å². The number of fused-ring (bicyclic) bond motifs is 3. The summed E-state index contributed by atoms with van der Waals surface area (Å²) >= 11 is 3.44. The van der Waals surface area contributed by atoms with Gasteiger partial charge in [0, 0.05) is 10.7 Å². The summed E-state index contributed by atoms with van der Waals surface area (Å²) in [5.74, 6) is 0.720. The minimum atomic E-state index is -1.05. The first-order valence-electron chi connectivity index (χ1n) is 7.14. The zero-order chi connectivity index (χ0) is 16.8. The Balaban J connectivity index is 2.18. The minimum absolute atomic E-state index is 0.227. The largest absolute Gasteiger partial charge is 0.485 e. The quantitative estimate of drug-likeness (QED) is 0.810. The molecule has 0 saturated carbocycles. The van der Waals surface area contributed by atoms with Crippen LogP contribution in [0.25, 0.3) is 11.4 Å². The Hall–Kier alpha value is -1.86. The number of methoxy groups -OCH3 is 1. The molecule has 0 bridgehead atoms. The standard InChI is InChI=1S/C16H17BrN2O4/c1-16(2,21)13-8-19-7-11(15(20)22-3)18-14(19)10-6-9(17)4-5-12(10)23-13/h4-7,13,21H,8H2,1-3H3. The molecule has 3 rings (SSSR count). The Labute approximate surface area is 142 Å². The van der Waals surface area contributed by atoms with Crippen LogP contribution >= 0.6 is 15.9 Å². The minimum Gasteiger partial charge on any atom is -0.485 e. The smallest absolute Gasteiger partial charge is 0.358 e. The second-order valence-electron chi connectivity index (χ2n) is 5.99. The van der Waals surface area contributed by atoms with E-state index in [4.69, 9.17) is 9.47 Å². The Bertz CT molecular complexity index is 764. The summed E-state index contributed by atoms with van der Waals surface area (Å²) in [6, 6.07) is 5.56. The van der Waals surface area contributed by atoms with E-state index in [9.17, 15) is 9.90 Å². The molecule has 0 aliphatic carbocycles. The van der Waals surface area contributed by atoms with E-state index in [-0.39, 0.29) is 5.69 Å². The molecule has 23 heavy (non-hydrogen) atoms. The van der Waals surface area contributed by atoms with Gasteiger partial charge in [-0.15, -0.1) is 0 Å². The molecule has 1 aromatic carbocycles. The maximum absolute atomic E-state index is 11.8. The van der Waals surface area contributed by atoms with Gasteiger partial charge in [-0.3, -0.25) is 0 Å². The lowest BCUT2D eigenvalue weighted by atomic mass is 10.0.